The fourth-order valence-corrected chi connectivity index (χ4v) is 12.1. The van der Waals surface area contributed by atoms with Crippen LogP contribution in [0.5, 0.6) is 0 Å². The Hall–Kier alpha value is -7.02. The molecule has 0 aromatic heterocycles. The van der Waals surface area contributed by atoms with E-state index in [2.05, 4.69) is 206 Å². The summed E-state index contributed by atoms with van der Waals surface area (Å²) in [5.41, 5.74) is 12.0. The lowest BCUT2D eigenvalue weighted by Gasteiger charge is -2.13. The Kier molecular flexibility index (Phi) is 31.2. The molecular formula is C87H106. The fraction of sp³-hybridized carbons (Fsp3) is 0.379. The normalized spacial score (nSPS) is 15.7. The lowest BCUT2D eigenvalue weighted by atomic mass is 9.92. The Morgan fingerprint density at radius 1 is 0.138 bits per heavy atom. The number of fused-ring (bicyclic) bond motifs is 8. The Labute approximate surface area is 528 Å². The van der Waals surface area contributed by atoms with Gasteiger partial charge >= 0.3 is 0 Å². The number of benzene rings is 10. The zero-order valence-corrected chi connectivity index (χ0v) is 53.4. The number of hydrogen-bond donors (Lipinski definition) is 0. The summed E-state index contributed by atoms with van der Waals surface area (Å²) in [6.07, 6.45) is 47.9. The van der Waals surface area contributed by atoms with Crippen molar-refractivity contribution in [3.63, 3.8) is 0 Å². The highest BCUT2D eigenvalue weighted by atomic mass is 14.2. The molecule has 0 N–H and O–H groups in total. The summed E-state index contributed by atoms with van der Waals surface area (Å²) in [4.78, 5) is 0. The molecule has 0 heteroatoms. The van der Waals surface area contributed by atoms with Gasteiger partial charge in [0.25, 0.3) is 0 Å². The molecule has 8 aliphatic carbocycles. The minimum Gasteiger partial charge on any atom is -0.0623 e. The quantitative estimate of drug-likeness (QED) is 0.105. The molecule has 0 spiro atoms. The smallest absolute Gasteiger partial charge is 0.00135 e. The van der Waals surface area contributed by atoms with Gasteiger partial charge in [0.05, 0.1) is 0 Å². The molecule has 0 unspecified atom stereocenters. The minimum atomic E-state index is 1.10. The predicted octanol–water partition coefficient (Wildman–Crippen LogP) is 26.3. The van der Waals surface area contributed by atoms with Crippen molar-refractivity contribution < 1.29 is 0 Å². The third-order valence-corrected chi connectivity index (χ3v) is 17.8. The summed E-state index contributed by atoms with van der Waals surface area (Å²) in [5.74, 6) is 0. The summed E-state index contributed by atoms with van der Waals surface area (Å²) < 4.78 is 0. The van der Waals surface area contributed by atoms with E-state index in [1.54, 1.807) is 22.3 Å². The summed E-state index contributed by atoms with van der Waals surface area (Å²) in [7, 11) is 0. The maximum atomic E-state index is 2.26. The first-order valence-corrected chi connectivity index (χ1v) is 34.9. The summed E-state index contributed by atoms with van der Waals surface area (Å²) in [6, 6.07) is 85.0. The third-order valence-electron chi connectivity index (χ3n) is 17.8. The highest BCUT2D eigenvalue weighted by molar-refractivity contribution is 5.98. The second kappa shape index (κ2) is 41.2. The molecule has 0 aliphatic heterocycles. The molecule has 454 valence electrons. The zero-order valence-electron chi connectivity index (χ0n) is 53.4. The third kappa shape index (κ3) is 25.7. The monoisotopic (exact) mass is 1150 g/mol. The van der Waals surface area contributed by atoms with Crippen LogP contribution in [0.4, 0.5) is 0 Å². The zero-order chi connectivity index (χ0) is 59.7. The van der Waals surface area contributed by atoms with Crippen LogP contribution in [0.3, 0.4) is 0 Å². The molecule has 10 aromatic carbocycles. The molecule has 18 rings (SSSR count). The van der Waals surface area contributed by atoms with E-state index >= 15 is 0 Å². The van der Waals surface area contributed by atoms with E-state index in [0.29, 0.717) is 0 Å². The van der Waals surface area contributed by atoms with Crippen LogP contribution < -0.4 is 0 Å². The van der Waals surface area contributed by atoms with Crippen molar-refractivity contribution in [1.29, 1.82) is 0 Å². The van der Waals surface area contributed by atoms with Crippen molar-refractivity contribution in [1.82, 2.24) is 0 Å². The van der Waals surface area contributed by atoms with Crippen LogP contribution in [0.25, 0.3) is 43.4 Å². The van der Waals surface area contributed by atoms with Crippen molar-refractivity contribution >= 4 is 32.3 Å². The van der Waals surface area contributed by atoms with Gasteiger partial charge in [-0.15, -0.1) is 0 Å². The summed E-state index contributed by atoms with van der Waals surface area (Å²) >= 11 is 0. The van der Waals surface area contributed by atoms with E-state index in [1.807, 2.05) is 36.4 Å². The first-order chi connectivity index (χ1) is 43.3. The molecule has 87 heavy (non-hydrogen) atoms. The molecule has 5 fully saturated rings. The van der Waals surface area contributed by atoms with Gasteiger partial charge in [-0.3, -0.25) is 0 Å². The Morgan fingerprint density at radius 2 is 0.322 bits per heavy atom. The number of rotatable bonds is 0. The second-order valence-corrected chi connectivity index (χ2v) is 25.0. The van der Waals surface area contributed by atoms with E-state index in [0.717, 1.165) is 6.42 Å². The van der Waals surface area contributed by atoms with Crippen LogP contribution in [0.1, 0.15) is 213 Å². The summed E-state index contributed by atoms with van der Waals surface area (Å²) in [5, 5.41) is 7.87. The molecule has 0 amide bonds. The minimum absolute atomic E-state index is 1.10. The highest BCUT2D eigenvalue weighted by Crippen LogP contribution is 2.36. The van der Waals surface area contributed by atoms with E-state index in [-0.39, 0.29) is 0 Å². The molecule has 0 atom stereocenters. The molecule has 5 saturated carbocycles. The number of hydrogen-bond acceptors (Lipinski definition) is 0. The van der Waals surface area contributed by atoms with Crippen LogP contribution >= 0.6 is 0 Å². The van der Waals surface area contributed by atoms with Gasteiger partial charge in [-0.25, -0.2) is 0 Å². The van der Waals surface area contributed by atoms with Gasteiger partial charge in [0.2, 0.25) is 0 Å². The highest BCUT2D eigenvalue weighted by Gasteiger charge is 2.16. The van der Waals surface area contributed by atoms with Crippen LogP contribution in [0.2, 0.25) is 0 Å². The van der Waals surface area contributed by atoms with E-state index in [9.17, 15) is 0 Å². The molecule has 0 bridgehead atoms. The first-order valence-electron chi connectivity index (χ1n) is 34.9. The molecule has 10 aromatic rings. The second-order valence-electron chi connectivity index (χ2n) is 25.0. The van der Waals surface area contributed by atoms with Crippen molar-refractivity contribution in [2.24, 2.45) is 0 Å². The molecule has 8 aliphatic rings. The van der Waals surface area contributed by atoms with Gasteiger partial charge in [-0.1, -0.05) is 391 Å². The lowest BCUT2D eigenvalue weighted by Crippen LogP contribution is -2.00. The van der Waals surface area contributed by atoms with Crippen molar-refractivity contribution in [2.75, 3.05) is 0 Å². The Bertz CT molecular complexity index is 3030. The topological polar surface area (TPSA) is 0 Å². The van der Waals surface area contributed by atoms with Crippen LogP contribution in [0, 0.1) is 0 Å². The molecule has 0 nitrogen and oxygen atoms in total. The van der Waals surface area contributed by atoms with Gasteiger partial charge in [0.1, 0.15) is 0 Å². The summed E-state index contributed by atoms with van der Waals surface area (Å²) in [6.45, 7) is 0. The molecule has 0 saturated heterocycles. The lowest BCUT2D eigenvalue weighted by molar-refractivity contribution is 0.504. The SMILES string of the molecule is C1CC1.C1CCC1.C1CCCC1.C1CCCCC1.C1CCCCCC1.c1ccc2c(c1)CCC2.c1ccc2c(c1)CCCC2.c1ccc2c(c1)Cc1ccccc1-2.c1ccc2cc3ccccc3cc2c1.c1ccc2ccccc2c1.c1ccccc1. The van der Waals surface area contributed by atoms with Crippen molar-refractivity contribution in [3.05, 3.63) is 276 Å². The van der Waals surface area contributed by atoms with E-state index < -0.39 is 0 Å². The van der Waals surface area contributed by atoms with Crippen LogP contribution in [-0.2, 0) is 32.1 Å². The van der Waals surface area contributed by atoms with Crippen LogP contribution in [-0.4, -0.2) is 0 Å². The Morgan fingerprint density at radius 3 is 0.563 bits per heavy atom. The number of aryl methyl sites for hydroxylation is 4. The van der Waals surface area contributed by atoms with Gasteiger partial charge in [-0.2, -0.15) is 0 Å². The predicted molar refractivity (Wildman–Crippen MR) is 384 cm³/mol. The van der Waals surface area contributed by atoms with E-state index in [1.165, 1.54) is 260 Å². The maximum Gasteiger partial charge on any atom is -0.00135 e. The van der Waals surface area contributed by atoms with E-state index in [4.69, 9.17) is 0 Å². The first kappa shape index (κ1) is 65.9. The fourth-order valence-electron chi connectivity index (χ4n) is 12.1. The van der Waals surface area contributed by atoms with Gasteiger partial charge in [0.15, 0.2) is 0 Å². The van der Waals surface area contributed by atoms with Crippen molar-refractivity contribution in [3.8, 4) is 11.1 Å². The van der Waals surface area contributed by atoms with Gasteiger partial charge < -0.3 is 0 Å². The average molecular weight is 1150 g/mol. The Balaban J connectivity index is 0.000000127. The maximum absolute atomic E-state index is 2.26. The van der Waals surface area contributed by atoms with Gasteiger partial charge in [-0.05, 0) is 140 Å². The van der Waals surface area contributed by atoms with Gasteiger partial charge in [0, 0.05) is 0 Å². The van der Waals surface area contributed by atoms with Crippen molar-refractivity contribution in [2.45, 2.75) is 212 Å². The standard InChI is InChI=1S/C14H10.C13H10.C10H12.C10H8.C9H10.C7H14.C6H12.C6H6.C5H10.C4H8.C3H6/c1-2-6-12-10-14-8-4-3-7-13(14)9-11(12)5-1;1-3-7-12-10(5-1)9-11-6-2-4-8-13(11)12;2*1-2-6-10-8-4-3-7-9(10)5-1;1-2-5-9-7-3-6-8(9)4-1;1-2-4-6-7-5-3-1;2*1-2-4-6-5-3-1;1-2-4-5-3-1;1-2-4-3-1;1-2-3-1/h1-10H;1-8H,9H2;1-2,5-6H,3-4,7-8H2;1-8H;1-2,4-5H,3,6-7H2;1-7H2;1-6H2;1-6H;1-5H2;1-4H2;1-3H2. The largest absolute Gasteiger partial charge is 0.0623 e. The average Bonchev–Trinajstić information content (AvgIpc) is 2.59. The molecule has 0 radical (unpaired) electrons. The molecule has 0 heterocycles. The molecular weight excluding hydrogens is 1040 g/mol. The van der Waals surface area contributed by atoms with Crippen LogP contribution in [0.15, 0.2) is 243 Å².